The van der Waals surface area contributed by atoms with Crippen molar-refractivity contribution in [3.05, 3.63) is 23.8 Å². The molecule has 4 N–H and O–H groups in total. The van der Waals surface area contributed by atoms with Gasteiger partial charge in [-0.3, -0.25) is 19.7 Å². The molecule has 0 radical (unpaired) electrons. The van der Waals surface area contributed by atoms with Crippen molar-refractivity contribution in [2.75, 3.05) is 16.8 Å². The molecule has 1 aromatic carbocycles. The second-order valence-electron chi connectivity index (χ2n) is 7.60. The Balaban J connectivity index is 1.78. The van der Waals surface area contributed by atoms with E-state index in [0.717, 1.165) is 0 Å². The Bertz CT molecular complexity index is 855. The number of carboxylic acid groups (broad SMARTS) is 1. The van der Waals surface area contributed by atoms with Gasteiger partial charge in [0.1, 0.15) is 6.04 Å². The fourth-order valence-electron chi connectivity index (χ4n) is 3.82. The van der Waals surface area contributed by atoms with Gasteiger partial charge in [-0.05, 0) is 31.0 Å². The van der Waals surface area contributed by atoms with E-state index in [4.69, 9.17) is 5.11 Å². The minimum atomic E-state index is -2.77. The maximum absolute atomic E-state index is 13.8. The van der Waals surface area contributed by atoms with Crippen LogP contribution < -0.4 is 15.5 Å². The number of nitrogens with one attached hydrogen (secondary N) is 2. The van der Waals surface area contributed by atoms with Crippen LogP contribution >= 0.6 is 22.6 Å². The first-order valence-corrected chi connectivity index (χ1v) is 10.7. The zero-order chi connectivity index (χ0) is 22.1. The third-order valence-corrected chi connectivity index (χ3v) is 6.45. The van der Waals surface area contributed by atoms with Gasteiger partial charge in [-0.1, -0.05) is 22.6 Å². The summed E-state index contributed by atoms with van der Waals surface area (Å²) in [5, 5.41) is 24.6. The first-order chi connectivity index (χ1) is 14.1. The average molecular weight is 537 g/mol. The first kappa shape index (κ1) is 22.7. The molecule has 164 valence electrons. The number of imide groups is 1. The Morgan fingerprint density at radius 3 is 2.73 bits per heavy atom. The molecule has 2 heterocycles. The largest absolute Gasteiger partial charge is 0.481 e. The molecule has 11 heteroatoms. The summed E-state index contributed by atoms with van der Waals surface area (Å²) in [6.07, 6.45) is -2.42. The Morgan fingerprint density at radius 2 is 2.13 bits per heavy atom. The summed E-state index contributed by atoms with van der Waals surface area (Å²) >= 11 is 2.02. The molecular formula is C19H22F2IN3O5. The lowest BCUT2D eigenvalue weighted by Crippen LogP contribution is -2.49. The van der Waals surface area contributed by atoms with E-state index < -0.39 is 36.4 Å². The monoisotopic (exact) mass is 537 g/mol. The Labute approximate surface area is 185 Å². The van der Waals surface area contributed by atoms with Crippen LogP contribution in [0.1, 0.15) is 44.1 Å². The number of benzene rings is 1. The number of aliphatic carboxylic acids is 1. The van der Waals surface area contributed by atoms with Crippen molar-refractivity contribution >= 4 is 51.7 Å². The number of nitrogens with zero attached hydrogens (tertiary/aromatic N) is 1. The maximum atomic E-state index is 13.8. The highest BCUT2D eigenvalue weighted by atomic mass is 127. The van der Waals surface area contributed by atoms with Crippen LogP contribution in [0.25, 0.3) is 0 Å². The summed E-state index contributed by atoms with van der Waals surface area (Å²) in [4.78, 5) is 35.9. The zero-order valence-corrected chi connectivity index (χ0v) is 18.1. The molecule has 8 nitrogen and oxygen atoms in total. The normalized spacial score (nSPS) is 27.2. The molecule has 0 aromatic heterocycles. The molecule has 3 atom stereocenters. The van der Waals surface area contributed by atoms with E-state index in [1.54, 1.807) is 11.0 Å². The highest BCUT2D eigenvalue weighted by Crippen LogP contribution is 2.40. The van der Waals surface area contributed by atoms with Crippen LogP contribution in [-0.4, -0.2) is 50.2 Å². The lowest BCUT2D eigenvalue weighted by Gasteiger charge is -2.43. The van der Waals surface area contributed by atoms with E-state index >= 15 is 0 Å². The van der Waals surface area contributed by atoms with Gasteiger partial charge in [0, 0.05) is 36.3 Å². The number of hydrogen-bond donors (Lipinski definition) is 4. The average Bonchev–Trinajstić information content (AvgIpc) is 2.63. The highest BCUT2D eigenvalue weighted by Gasteiger charge is 2.40. The number of anilines is 2. The summed E-state index contributed by atoms with van der Waals surface area (Å²) in [5.41, 5.74) is -0.951. The van der Waals surface area contributed by atoms with Crippen molar-refractivity contribution in [1.29, 1.82) is 0 Å². The fourth-order valence-corrected chi connectivity index (χ4v) is 5.22. The molecule has 0 saturated carbocycles. The van der Waals surface area contributed by atoms with Crippen LogP contribution in [0.3, 0.4) is 0 Å². The minimum absolute atomic E-state index is 0.138. The van der Waals surface area contributed by atoms with Crippen LogP contribution in [0, 0.1) is 0 Å². The van der Waals surface area contributed by atoms with Gasteiger partial charge in [-0.2, -0.15) is 0 Å². The van der Waals surface area contributed by atoms with Gasteiger partial charge in [0.25, 0.3) is 6.43 Å². The van der Waals surface area contributed by atoms with E-state index in [1.165, 1.54) is 12.1 Å². The van der Waals surface area contributed by atoms with Gasteiger partial charge in [0.2, 0.25) is 11.8 Å². The smallest absolute Gasteiger partial charge is 0.306 e. The van der Waals surface area contributed by atoms with E-state index in [2.05, 4.69) is 10.6 Å². The van der Waals surface area contributed by atoms with Gasteiger partial charge in [-0.15, -0.1) is 0 Å². The van der Waals surface area contributed by atoms with Gasteiger partial charge < -0.3 is 20.4 Å². The maximum Gasteiger partial charge on any atom is 0.306 e. The number of carboxylic acids is 1. The van der Waals surface area contributed by atoms with Crippen LogP contribution in [0.5, 0.6) is 0 Å². The third kappa shape index (κ3) is 5.17. The standard InChI is InChI=1S/C19H22F2IN3O5/c20-17(21)11-7-10(23-12-2-4-15(26)24-18(12)29)1-3-13(11)25-6-5-19(30,8-14(25)22)9-16(27)28/h1,3,7,12,14,17,23,30H,2,4-6,8-9H2,(H,27,28)(H,24,26,29). The number of piperidine rings is 2. The number of alkyl halides is 3. The van der Waals surface area contributed by atoms with E-state index in [1.807, 2.05) is 22.6 Å². The summed E-state index contributed by atoms with van der Waals surface area (Å²) < 4.78 is 27.3. The second kappa shape index (κ2) is 9.00. The molecule has 0 bridgehead atoms. The summed E-state index contributed by atoms with van der Waals surface area (Å²) in [6.45, 7) is 0.233. The first-order valence-electron chi connectivity index (χ1n) is 9.45. The lowest BCUT2D eigenvalue weighted by molar-refractivity contribution is -0.143. The number of carbonyl (C=O) groups is 3. The van der Waals surface area contributed by atoms with E-state index in [0.29, 0.717) is 11.4 Å². The van der Waals surface area contributed by atoms with Crippen molar-refractivity contribution in [1.82, 2.24) is 5.32 Å². The number of rotatable bonds is 6. The molecule has 2 aliphatic rings. The molecule has 2 saturated heterocycles. The van der Waals surface area contributed by atoms with Crippen molar-refractivity contribution in [3.63, 3.8) is 0 Å². The van der Waals surface area contributed by atoms with E-state index in [-0.39, 0.29) is 47.7 Å². The summed E-state index contributed by atoms with van der Waals surface area (Å²) in [5.74, 6) is -1.95. The van der Waals surface area contributed by atoms with Crippen molar-refractivity contribution < 1.29 is 33.4 Å². The van der Waals surface area contributed by atoms with Crippen LogP contribution in [0.4, 0.5) is 20.2 Å². The topological polar surface area (TPSA) is 119 Å². The third-order valence-electron chi connectivity index (χ3n) is 5.34. The van der Waals surface area contributed by atoms with Gasteiger partial charge in [0.15, 0.2) is 0 Å². The lowest BCUT2D eigenvalue weighted by atomic mass is 9.88. The molecule has 3 rings (SSSR count). The number of carbonyl (C=O) groups excluding carboxylic acids is 2. The molecule has 0 aliphatic carbocycles. The Morgan fingerprint density at radius 1 is 1.40 bits per heavy atom. The molecule has 3 unspecified atom stereocenters. The molecule has 0 spiro atoms. The SMILES string of the molecule is O=C(O)CC1(O)CCN(c2ccc(NC3CCC(=O)NC3=O)cc2C(F)F)C(I)C1. The zero-order valence-electron chi connectivity index (χ0n) is 15.9. The van der Waals surface area contributed by atoms with Crippen molar-refractivity contribution in [3.8, 4) is 0 Å². The molecular weight excluding hydrogens is 515 g/mol. The number of aliphatic hydroxyl groups is 1. The van der Waals surface area contributed by atoms with Gasteiger partial charge in [0.05, 0.1) is 16.1 Å². The predicted molar refractivity (Wildman–Crippen MR) is 113 cm³/mol. The quantitative estimate of drug-likeness (QED) is 0.191. The molecule has 2 fully saturated rings. The Kier molecular flexibility index (Phi) is 6.80. The highest BCUT2D eigenvalue weighted by molar-refractivity contribution is 14.1. The summed E-state index contributed by atoms with van der Waals surface area (Å²) in [7, 11) is 0. The number of halogens is 3. The second-order valence-corrected chi connectivity index (χ2v) is 9.04. The van der Waals surface area contributed by atoms with Crippen molar-refractivity contribution in [2.24, 2.45) is 0 Å². The number of amides is 2. The number of hydrogen-bond acceptors (Lipinski definition) is 6. The predicted octanol–water partition coefficient (Wildman–Crippen LogP) is 2.41. The minimum Gasteiger partial charge on any atom is -0.481 e. The summed E-state index contributed by atoms with van der Waals surface area (Å²) in [6, 6.07) is 3.72. The van der Waals surface area contributed by atoms with Gasteiger partial charge >= 0.3 is 5.97 Å². The molecule has 2 amide bonds. The molecule has 30 heavy (non-hydrogen) atoms. The fraction of sp³-hybridized carbons (Fsp3) is 0.526. The van der Waals surface area contributed by atoms with E-state index in [9.17, 15) is 28.3 Å². The van der Waals surface area contributed by atoms with Crippen LogP contribution in [0.2, 0.25) is 0 Å². The Hall–Kier alpha value is -2.02. The van der Waals surface area contributed by atoms with Crippen LogP contribution in [0.15, 0.2) is 18.2 Å². The van der Waals surface area contributed by atoms with Crippen LogP contribution in [-0.2, 0) is 14.4 Å². The van der Waals surface area contributed by atoms with Crippen molar-refractivity contribution in [2.45, 2.75) is 54.2 Å². The molecule has 2 aliphatic heterocycles. The van der Waals surface area contributed by atoms with Gasteiger partial charge in [-0.25, -0.2) is 8.78 Å². The molecule has 1 aromatic rings.